The average molecular weight is 443 g/mol. The Labute approximate surface area is 187 Å². The summed E-state index contributed by atoms with van der Waals surface area (Å²) in [4.78, 5) is 41.8. The minimum absolute atomic E-state index is 0.0340. The van der Waals surface area contributed by atoms with Crippen molar-refractivity contribution in [1.82, 2.24) is 20.4 Å². The predicted molar refractivity (Wildman–Crippen MR) is 118 cm³/mol. The van der Waals surface area contributed by atoms with Gasteiger partial charge in [-0.3, -0.25) is 14.5 Å². The molecule has 1 fully saturated rings. The molecule has 1 aliphatic carbocycles. The van der Waals surface area contributed by atoms with Crippen LogP contribution in [0.5, 0.6) is 0 Å². The summed E-state index contributed by atoms with van der Waals surface area (Å²) in [6, 6.07) is 6.35. The van der Waals surface area contributed by atoms with Crippen molar-refractivity contribution in [3.05, 3.63) is 58.8 Å². The number of carbonyl (C=O) groups excluding carboxylic acids is 3. The quantitative estimate of drug-likeness (QED) is 0.664. The molecular formula is C23H27ClN4O3. The van der Waals surface area contributed by atoms with Crippen molar-refractivity contribution in [2.75, 3.05) is 19.6 Å². The maximum Gasteiger partial charge on any atom is 0.322 e. The van der Waals surface area contributed by atoms with Gasteiger partial charge in [0.2, 0.25) is 5.91 Å². The monoisotopic (exact) mass is 442 g/mol. The van der Waals surface area contributed by atoms with Gasteiger partial charge in [-0.05, 0) is 24.5 Å². The van der Waals surface area contributed by atoms with E-state index in [-0.39, 0.29) is 43.5 Å². The van der Waals surface area contributed by atoms with Gasteiger partial charge in [0.05, 0.1) is 23.9 Å². The fourth-order valence-electron chi connectivity index (χ4n) is 4.63. The zero-order chi connectivity index (χ0) is 22.0. The zero-order valence-corrected chi connectivity index (χ0v) is 18.2. The smallest absolute Gasteiger partial charge is 0.322 e. The van der Waals surface area contributed by atoms with E-state index < -0.39 is 6.04 Å². The molecule has 1 aromatic rings. The number of benzene rings is 1. The number of hydrogen-bond donors (Lipinski definition) is 2. The molecule has 8 heteroatoms. The number of nitrogens with zero attached hydrogens (tertiary/aromatic N) is 2. The number of carbonyl (C=O) groups is 3. The Kier molecular flexibility index (Phi) is 6.32. The van der Waals surface area contributed by atoms with E-state index in [1.54, 1.807) is 24.3 Å². The average Bonchev–Trinajstić information content (AvgIpc) is 3.07. The number of rotatable bonds is 6. The molecule has 164 valence electrons. The summed E-state index contributed by atoms with van der Waals surface area (Å²) in [7, 11) is 0. The van der Waals surface area contributed by atoms with Crippen molar-refractivity contribution in [2.45, 2.75) is 44.2 Å². The molecule has 1 atom stereocenters. The fraction of sp³-hybridized carbons (Fsp3) is 0.435. The summed E-state index contributed by atoms with van der Waals surface area (Å²) in [5, 5.41) is 6.43. The van der Waals surface area contributed by atoms with E-state index in [9.17, 15) is 14.4 Å². The lowest BCUT2D eigenvalue weighted by Gasteiger charge is -2.33. The number of hydrogen-bond acceptors (Lipinski definition) is 3. The molecule has 31 heavy (non-hydrogen) atoms. The van der Waals surface area contributed by atoms with Gasteiger partial charge in [0.15, 0.2) is 0 Å². The van der Waals surface area contributed by atoms with Crippen LogP contribution in [-0.2, 0) is 9.59 Å². The first-order valence-electron chi connectivity index (χ1n) is 10.7. The van der Waals surface area contributed by atoms with Crippen LogP contribution in [0.3, 0.4) is 0 Å². The molecule has 3 aliphatic rings. The van der Waals surface area contributed by atoms with E-state index in [1.807, 2.05) is 6.07 Å². The van der Waals surface area contributed by atoms with E-state index in [4.69, 9.17) is 11.6 Å². The SMILES string of the molecule is C=CCN1C(=O)NC(c2ccccc2Cl)C2=C1CN(CC(=O)NC1CCCCC1)C2=O. The number of halogens is 1. The molecule has 0 bridgehead atoms. The summed E-state index contributed by atoms with van der Waals surface area (Å²) in [5.41, 5.74) is 1.72. The molecule has 0 aromatic heterocycles. The van der Waals surface area contributed by atoms with E-state index in [2.05, 4.69) is 17.2 Å². The molecular weight excluding hydrogens is 416 g/mol. The third-order valence-electron chi connectivity index (χ3n) is 6.13. The molecule has 7 nitrogen and oxygen atoms in total. The van der Waals surface area contributed by atoms with Gasteiger partial charge in [-0.1, -0.05) is 55.1 Å². The lowest BCUT2D eigenvalue weighted by Crippen LogP contribution is -2.47. The topological polar surface area (TPSA) is 81.8 Å². The lowest BCUT2D eigenvalue weighted by atomic mass is 9.95. The van der Waals surface area contributed by atoms with Gasteiger partial charge in [0.1, 0.15) is 6.54 Å². The third kappa shape index (κ3) is 4.32. The molecule has 4 rings (SSSR count). The minimum Gasteiger partial charge on any atom is -0.352 e. The molecule has 2 N–H and O–H groups in total. The fourth-order valence-corrected chi connectivity index (χ4v) is 4.88. The van der Waals surface area contributed by atoms with Crippen molar-refractivity contribution >= 4 is 29.4 Å². The molecule has 0 radical (unpaired) electrons. The highest BCUT2D eigenvalue weighted by Gasteiger charge is 2.44. The zero-order valence-electron chi connectivity index (χ0n) is 17.4. The summed E-state index contributed by atoms with van der Waals surface area (Å²) >= 11 is 6.38. The van der Waals surface area contributed by atoms with E-state index in [0.29, 0.717) is 21.9 Å². The van der Waals surface area contributed by atoms with Gasteiger partial charge >= 0.3 is 6.03 Å². The summed E-state index contributed by atoms with van der Waals surface area (Å²) in [6.45, 7) is 4.16. The van der Waals surface area contributed by atoms with Crippen LogP contribution in [-0.4, -0.2) is 53.3 Å². The van der Waals surface area contributed by atoms with Crippen LogP contribution in [0.25, 0.3) is 0 Å². The van der Waals surface area contributed by atoms with Crippen molar-refractivity contribution in [3.63, 3.8) is 0 Å². The van der Waals surface area contributed by atoms with E-state index in [1.165, 1.54) is 16.2 Å². The molecule has 1 aromatic carbocycles. The van der Waals surface area contributed by atoms with Crippen LogP contribution in [0.4, 0.5) is 4.79 Å². The molecule has 2 heterocycles. The normalized spacial score (nSPS) is 21.8. The predicted octanol–water partition coefficient (Wildman–Crippen LogP) is 3.14. The first kappa shape index (κ1) is 21.4. The van der Waals surface area contributed by atoms with Crippen LogP contribution < -0.4 is 10.6 Å². The van der Waals surface area contributed by atoms with Crippen LogP contribution in [0.15, 0.2) is 48.2 Å². The van der Waals surface area contributed by atoms with Gasteiger partial charge in [-0.2, -0.15) is 0 Å². The Morgan fingerprint density at radius 2 is 1.97 bits per heavy atom. The lowest BCUT2D eigenvalue weighted by molar-refractivity contribution is -0.132. The van der Waals surface area contributed by atoms with Crippen molar-refractivity contribution in [1.29, 1.82) is 0 Å². The number of amides is 4. The maximum absolute atomic E-state index is 13.4. The Hall–Kier alpha value is -2.80. The summed E-state index contributed by atoms with van der Waals surface area (Å²) in [6.07, 6.45) is 7.02. The molecule has 0 saturated heterocycles. The van der Waals surface area contributed by atoms with Gasteiger partial charge in [-0.25, -0.2) is 4.79 Å². The third-order valence-corrected chi connectivity index (χ3v) is 6.47. The van der Waals surface area contributed by atoms with Crippen molar-refractivity contribution < 1.29 is 14.4 Å². The van der Waals surface area contributed by atoms with Crippen LogP contribution in [0, 0.1) is 0 Å². The number of nitrogens with one attached hydrogen (secondary N) is 2. The number of urea groups is 1. The van der Waals surface area contributed by atoms with Gasteiger partial charge in [0, 0.05) is 17.6 Å². The Balaban J connectivity index is 1.57. The van der Waals surface area contributed by atoms with Gasteiger partial charge in [0.25, 0.3) is 5.91 Å². The molecule has 1 unspecified atom stereocenters. The standard InChI is InChI=1S/C23H27ClN4O3/c1-2-12-28-18-13-27(14-19(29)25-15-8-4-3-5-9-15)22(30)20(18)21(26-23(28)31)16-10-6-7-11-17(16)24/h2,6-7,10-11,15,21H,1,3-5,8-9,12-14H2,(H,25,29)(H,26,31). The Morgan fingerprint density at radius 1 is 1.23 bits per heavy atom. The summed E-state index contributed by atoms with van der Waals surface area (Å²) in [5.74, 6) is -0.420. The van der Waals surface area contributed by atoms with Crippen LogP contribution >= 0.6 is 11.6 Å². The van der Waals surface area contributed by atoms with Crippen LogP contribution in [0.2, 0.25) is 5.02 Å². The highest BCUT2D eigenvalue weighted by Crippen LogP contribution is 2.38. The second-order valence-electron chi connectivity index (χ2n) is 8.23. The van der Waals surface area contributed by atoms with Gasteiger partial charge < -0.3 is 15.5 Å². The van der Waals surface area contributed by atoms with E-state index >= 15 is 0 Å². The maximum atomic E-state index is 13.4. The van der Waals surface area contributed by atoms with Gasteiger partial charge in [-0.15, -0.1) is 6.58 Å². The van der Waals surface area contributed by atoms with E-state index in [0.717, 1.165) is 25.7 Å². The van der Waals surface area contributed by atoms with Crippen LogP contribution in [0.1, 0.15) is 43.7 Å². The first-order valence-corrected chi connectivity index (χ1v) is 11.1. The Bertz CT molecular complexity index is 939. The highest BCUT2D eigenvalue weighted by molar-refractivity contribution is 6.31. The second-order valence-corrected chi connectivity index (χ2v) is 8.63. The summed E-state index contributed by atoms with van der Waals surface area (Å²) < 4.78 is 0. The molecule has 1 saturated carbocycles. The molecule has 0 spiro atoms. The van der Waals surface area contributed by atoms with Crippen molar-refractivity contribution in [2.24, 2.45) is 0 Å². The minimum atomic E-state index is -0.656. The van der Waals surface area contributed by atoms with Crippen molar-refractivity contribution in [3.8, 4) is 0 Å². The first-order chi connectivity index (χ1) is 15.0. The molecule has 4 amide bonds. The largest absolute Gasteiger partial charge is 0.352 e. The molecule has 2 aliphatic heterocycles. The Morgan fingerprint density at radius 3 is 2.68 bits per heavy atom. The highest BCUT2D eigenvalue weighted by atomic mass is 35.5. The second kappa shape index (κ2) is 9.14.